The molecular formula is C26H50N2O3. The Kier molecular flexibility index (Phi) is 20.9. The summed E-state index contributed by atoms with van der Waals surface area (Å²) < 4.78 is 0. The molecule has 0 aliphatic rings. The largest absolute Gasteiger partial charge is 0.480 e. The van der Waals surface area contributed by atoms with Gasteiger partial charge >= 0.3 is 5.97 Å². The summed E-state index contributed by atoms with van der Waals surface area (Å²) in [5.74, 6) is -0.654. The van der Waals surface area contributed by atoms with Crippen molar-refractivity contribution >= 4 is 11.9 Å². The molecule has 5 nitrogen and oxygen atoms in total. The van der Waals surface area contributed by atoms with Gasteiger partial charge in [0.2, 0.25) is 5.91 Å². The molecule has 0 rings (SSSR count). The van der Waals surface area contributed by atoms with Crippen LogP contribution >= 0.6 is 0 Å². The maximum atomic E-state index is 11.9. The van der Waals surface area contributed by atoms with Crippen molar-refractivity contribution in [3.05, 3.63) is 12.2 Å². The summed E-state index contributed by atoms with van der Waals surface area (Å²) in [6, 6.07) is -0.438. The van der Waals surface area contributed by atoms with Crippen LogP contribution in [0, 0.1) is 0 Å². The molecule has 0 aromatic rings. The first-order chi connectivity index (χ1) is 15.0. The zero-order valence-electron chi connectivity index (χ0n) is 20.7. The minimum atomic E-state index is -0.779. The fourth-order valence-electron chi connectivity index (χ4n) is 3.74. The summed E-state index contributed by atoms with van der Waals surface area (Å²) in [7, 11) is 3.57. The molecule has 1 unspecified atom stereocenters. The number of amides is 1. The van der Waals surface area contributed by atoms with Gasteiger partial charge in [0.05, 0.1) is 0 Å². The number of allylic oxidation sites excluding steroid dienone is 2. The second kappa shape index (κ2) is 21.9. The molecule has 31 heavy (non-hydrogen) atoms. The van der Waals surface area contributed by atoms with Crippen LogP contribution in [0.3, 0.4) is 0 Å². The molecule has 0 aromatic heterocycles. The van der Waals surface area contributed by atoms with E-state index in [2.05, 4.69) is 24.4 Å². The third-order valence-corrected chi connectivity index (χ3v) is 5.80. The Bertz CT molecular complexity index is 464. The second-order valence-electron chi connectivity index (χ2n) is 9.00. The fraction of sp³-hybridized carbons (Fsp3) is 0.846. The molecule has 0 saturated carbocycles. The maximum absolute atomic E-state index is 11.9. The van der Waals surface area contributed by atoms with Gasteiger partial charge in [0.25, 0.3) is 0 Å². The van der Waals surface area contributed by atoms with Crippen molar-refractivity contribution < 1.29 is 14.7 Å². The molecule has 182 valence electrons. The van der Waals surface area contributed by atoms with Crippen LogP contribution in [0.15, 0.2) is 12.2 Å². The molecule has 1 amide bonds. The van der Waals surface area contributed by atoms with Crippen LogP contribution in [0.1, 0.15) is 116 Å². The number of unbranched alkanes of at least 4 members (excludes halogenated alkanes) is 12. The van der Waals surface area contributed by atoms with E-state index in [1.165, 1.54) is 70.6 Å². The molecule has 0 saturated heterocycles. The molecule has 2 N–H and O–H groups in total. The number of rotatable bonds is 22. The van der Waals surface area contributed by atoms with Crippen LogP contribution in [0.5, 0.6) is 0 Å². The van der Waals surface area contributed by atoms with Crippen LogP contribution < -0.4 is 5.32 Å². The molecule has 1 atom stereocenters. The number of hydrogen-bond donors (Lipinski definition) is 2. The monoisotopic (exact) mass is 438 g/mol. The molecule has 0 aliphatic heterocycles. The van der Waals surface area contributed by atoms with E-state index in [-0.39, 0.29) is 5.91 Å². The summed E-state index contributed by atoms with van der Waals surface area (Å²) in [6.07, 6.45) is 24.0. The normalized spacial score (nSPS) is 12.5. The first kappa shape index (κ1) is 29.6. The Hall–Kier alpha value is -1.36. The van der Waals surface area contributed by atoms with E-state index < -0.39 is 12.0 Å². The lowest BCUT2D eigenvalue weighted by atomic mass is 10.1. The number of carboxylic acid groups (broad SMARTS) is 1. The molecule has 0 heterocycles. The zero-order chi connectivity index (χ0) is 23.2. The van der Waals surface area contributed by atoms with Crippen LogP contribution in [0.2, 0.25) is 0 Å². The van der Waals surface area contributed by atoms with E-state index >= 15 is 0 Å². The SMILES string of the molecule is CCCCCCCCC=CCCCCCCCC(=O)NCCCCC(C(=O)O)N(C)C. The van der Waals surface area contributed by atoms with Gasteiger partial charge < -0.3 is 10.4 Å². The highest BCUT2D eigenvalue weighted by Gasteiger charge is 2.18. The molecule has 0 fully saturated rings. The number of carbonyl (C=O) groups is 2. The van der Waals surface area contributed by atoms with E-state index in [0.717, 1.165) is 25.7 Å². The number of likely N-dealkylation sites (N-methyl/N-ethyl adjacent to an activating group) is 1. The lowest BCUT2D eigenvalue weighted by Gasteiger charge is -2.19. The molecular weight excluding hydrogens is 388 g/mol. The predicted octanol–water partition coefficient (Wildman–Crippen LogP) is 6.33. The Morgan fingerprint density at radius 2 is 1.35 bits per heavy atom. The first-order valence-corrected chi connectivity index (χ1v) is 12.8. The van der Waals surface area contributed by atoms with E-state index in [1.54, 1.807) is 19.0 Å². The predicted molar refractivity (Wildman–Crippen MR) is 131 cm³/mol. The standard InChI is InChI=1S/C26H50N2O3/c1-4-5-6-7-8-9-10-11-12-13-14-15-16-17-18-22-25(29)27-23-20-19-21-24(26(30)31)28(2)3/h11-12,24H,4-10,13-23H2,1-3H3,(H,27,29)(H,30,31). The van der Waals surface area contributed by atoms with Gasteiger partial charge in [0.1, 0.15) is 6.04 Å². The first-order valence-electron chi connectivity index (χ1n) is 12.8. The van der Waals surface area contributed by atoms with Crippen molar-refractivity contribution in [3.8, 4) is 0 Å². The summed E-state index contributed by atoms with van der Waals surface area (Å²) in [4.78, 5) is 24.7. The highest BCUT2D eigenvalue weighted by atomic mass is 16.4. The van der Waals surface area contributed by atoms with Crippen molar-refractivity contribution in [1.29, 1.82) is 0 Å². The van der Waals surface area contributed by atoms with Gasteiger partial charge in [-0.2, -0.15) is 0 Å². The third-order valence-electron chi connectivity index (χ3n) is 5.80. The number of carbonyl (C=O) groups excluding carboxylic acids is 1. The Morgan fingerprint density at radius 1 is 0.806 bits per heavy atom. The van der Waals surface area contributed by atoms with Gasteiger partial charge in [0.15, 0.2) is 0 Å². The summed E-state index contributed by atoms with van der Waals surface area (Å²) >= 11 is 0. The van der Waals surface area contributed by atoms with E-state index in [9.17, 15) is 9.59 Å². The summed E-state index contributed by atoms with van der Waals surface area (Å²) in [6.45, 7) is 2.90. The van der Waals surface area contributed by atoms with Gasteiger partial charge in [-0.3, -0.25) is 14.5 Å². The number of aliphatic carboxylic acids is 1. The number of nitrogens with one attached hydrogen (secondary N) is 1. The number of carboxylic acids is 1. The van der Waals surface area contributed by atoms with Crippen molar-refractivity contribution in [2.24, 2.45) is 0 Å². The molecule has 0 bridgehead atoms. The summed E-state index contributed by atoms with van der Waals surface area (Å²) in [5, 5.41) is 12.1. The second-order valence-corrected chi connectivity index (χ2v) is 9.00. The smallest absolute Gasteiger partial charge is 0.320 e. The number of hydrogen-bond acceptors (Lipinski definition) is 3. The minimum Gasteiger partial charge on any atom is -0.480 e. The van der Waals surface area contributed by atoms with Crippen LogP contribution in [-0.4, -0.2) is 48.6 Å². The Labute approximate surface area is 192 Å². The molecule has 0 radical (unpaired) electrons. The molecule has 5 heteroatoms. The van der Waals surface area contributed by atoms with Crippen molar-refractivity contribution in [3.63, 3.8) is 0 Å². The Balaban J connectivity index is 3.39. The van der Waals surface area contributed by atoms with Crippen molar-refractivity contribution in [2.45, 2.75) is 122 Å². The highest BCUT2D eigenvalue weighted by Crippen LogP contribution is 2.10. The van der Waals surface area contributed by atoms with Crippen molar-refractivity contribution in [1.82, 2.24) is 10.2 Å². The third kappa shape index (κ3) is 20.3. The fourth-order valence-corrected chi connectivity index (χ4v) is 3.74. The van der Waals surface area contributed by atoms with Crippen LogP contribution in [0.4, 0.5) is 0 Å². The number of nitrogens with zero attached hydrogens (tertiary/aromatic N) is 1. The quantitative estimate of drug-likeness (QED) is 0.153. The lowest BCUT2D eigenvalue weighted by Crippen LogP contribution is -2.35. The molecule has 0 aromatic carbocycles. The minimum absolute atomic E-state index is 0.125. The van der Waals surface area contributed by atoms with E-state index in [1.807, 2.05) is 0 Å². The highest BCUT2D eigenvalue weighted by molar-refractivity contribution is 5.75. The van der Waals surface area contributed by atoms with E-state index in [4.69, 9.17) is 5.11 Å². The average Bonchev–Trinajstić information content (AvgIpc) is 2.72. The molecule has 0 aliphatic carbocycles. The van der Waals surface area contributed by atoms with Gasteiger partial charge in [-0.05, 0) is 65.5 Å². The average molecular weight is 439 g/mol. The zero-order valence-corrected chi connectivity index (χ0v) is 20.7. The van der Waals surface area contributed by atoms with Gasteiger partial charge in [-0.15, -0.1) is 0 Å². The lowest BCUT2D eigenvalue weighted by molar-refractivity contribution is -0.142. The Morgan fingerprint density at radius 3 is 1.90 bits per heavy atom. The van der Waals surface area contributed by atoms with Crippen LogP contribution in [-0.2, 0) is 9.59 Å². The summed E-state index contributed by atoms with van der Waals surface area (Å²) in [5.41, 5.74) is 0. The molecule has 0 spiro atoms. The van der Waals surface area contributed by atoms with E-state index in [0.29, 0.717) is 19.4 Å². The topological polar surface area (TPSA) is 69.6 Å². The van der Waals surface area contributed by atoms with Gasteiger partial charge in [-0.1, -0.05) is 70.4 Å². The van der Waals surface area contributed by atoms with Crippen molar-refractivity contribution in [2.75, 3.05) is 20.6 Å². The van der Waals surface area contributed by atoms with Crippen LogP contribution in [0.25, 0.3) is 0 Å². The van der Waals surface area contributed by atoms with Gasteiger partial charge in [-0.25, -0.2) is 0 Å². The maximum Gasteiger partial charge on any atom is 0.320 e. The van der Waals surface area contributed by atoms with Gasteiger partial charge in [0, 0.05) is 13.0 Å².